The molecule has 14 heteroatoms. The minimum atomic E-state index is -0.693. The highest BCUT2D eigenvalue weighted by atomic mass is 19.1. The molecule has 2 saturated heterocycles. The minimum Gasteiger partial charge on any atom is -0.343 e. The number of carbonyl (C=O) groups is 3. The molecule has 0 aliphatic carbocycles. The number of hydrogen-bond acceptors (Lipinski definition) is 8. The van der Waals surface area contributed by atoms with Gasteiger partial charge in [-0.3, -0.25) is 33.2 Å². The van der Waals surface area contributed by atoms with Gasteiger partial charge >= 0.3 is 5.69 Å². The Kier molecular flexibility index (Phi) is 9.88. The molecule has 6 rings (SSSR count). The molecule has 0 radical (unpaired) electrons. The Morgan fingerprint density at radius 2 is 1.58 bits per heavy atom. The zero-order valence-electron chi connectivity index (χ0n) is 27.1. The minimum absolute atomic E-state index is 0.103. The molecular weight excluding hydrogens is 619 g/mol. The molecule has 0 bridgehead atoms. The normalized spacial score (nSPS) is 15.8. The maximum Gasteiger partial charge on any atom is 0.332 e. The van der Waals surface area contributed by atoms with Gasteiger partial charge in [-0.2, -0.15) is 4.39 Å². The first-order chi connectivity index (χ1) is 23.2. The first-order valence-corrected chi connectivity index (χ1v) is 16.6. The Morgan fingerprint density at radius 1 is 0.854 bits per heavy atom. The van der Waals surface area contributed by atoms with Crippen molar-refractivity contribution in [2.24, 2.45) is 4.99 Å². The fourth-order valence-electron chi connectivity index (χ4n) is 6.57. The number of halogens is 1. The topological polar surface area (TPSA) is 143 Å². The molecule has 3 aromatic heterocycles. The zero-order chi connectivity index (χ0) is 33.8. The molecule has 2 fully saturated rings. The molecule has 0 aromatic carbocycles. The van der Waals surface area contributed by atoms with E-state index >= 15 is 0 Å². The Balaban J connectivity index is 1.22. The van der Waals surface area contributed by atoms with Crippen LogP contribution in [-0.2, 0) is 29.1 Å². The van der Waals surface area contributed by atoms with Gasteiger partial charge in [-0.1, -0.05) is 6.92 Å². The van der Waals surface area contributed by atoms with E-state index in [9.17, 15) is 28.4 Å². The first-order valence-electron chi connectivity index (χ1n) is 16.6. The predicted octanol–water partition coefficient (Wildman–Crippen LogP) is 2.70. The maximum absolute atomic E-state index is 13.6. The molecule has 0 atom stereocenters. The smallest absolute Gasteiger partial charge is 0.332 e. The largest absolute Gasteiger partial charge is 0.343 e. The van der Waals surface area contributed by atoms with Gasteiger partial charge in [-0.15, -0.1) is 0 Å². The lowest BCUT2D eigenvalue weighted by Crippen LogP contribution is -2.42. The summed E-state index contributed by atoms with van der Waals surface area (Å²) in [5.74, 6) is -0.171. The van der Waals surface area contributed by atoms with Crippen LogP contribution in [0.3, 0.4) is 0 Å². The van der Waals surface area contributed by atoms with Crippen molar-refractivity contribution in [1.82, 2.24) is 28.9 Å². The van der Waals surface area contributed by atoms with Crippen LogP contribution in [-0.4, -0.2) is 85.1 Å². The lowest BCUT2D eigenvalue weighted by atomic mass is 10.1. The lowest BCUT2D eigenvalue weighted by Gasteiger charge is -2.23. The molecule has 3 amide bonds. The molecule has 3 aliphatic heterocycles. The zero-order valence-corrected chi connectivity index (χ0v) is 27.1. The van der Waals surface area contributed by atoms with Crippen molar-refractivity contribution >= 4 is 35.1 Å². The molecule has 6 heterocycles. The molecular formula is C34H39FN8O5. The number of pyridine rings is 2. The monoisotopic (exact) mass is 658 g/mol. The van der Waals surface area contributed by atoms with Crippen LogP contribution in [0.2, 0.25) is 0 Å². The van der Waals surface area contributed by atoms with Crippen LogP contribution < -0.4 is 16.1 Å². The summed E-state index contributed by atoms with van der Waals surface area (Å²) in [4.78, 5) is 82.7. The summed E-state index contributed by atoms with van der Waals surface area (Å²) in [6.07, 6.45) is 7.41. The van der Waals surface area contributed by atoms with Crippen LogP contribution >= 0.6 is 0 Å². The molecule has 0 unspecified atom stereocenters. The third-order valence-electron chi connectivity index (χ3n) is 9.06. The Labute approximate surface area is 276 Å². The van der Waals surface area contributed by atoms with Gasteiger partial charge < -0.3 is 9.80 Å². The van der Waals surface area contributed by atoms with Gasteiger partial charge in [0.1, 0.15) is 11.6 Å². The quantitative estimate of drug-likeness (QED) is 0.257. The second-order valence-corrected chi connectivity index (χ2v) is 12.3. The Hall–Kier alpha value is -5.01. The van der Waals surface area contributed by atoms with E-state index < -0.39 is 17.5 Å². The van der Waals surface area contributed by atoms with Gasteiger partial charge in [0.25, 0.3) is 11.5 Å². The standard InChI is InChI=1S/C34H39FN8O5/c1-2-13-42-31-25(33(47)43(34(42)48)19-6-17-40-15-4-8-30(40)45)20-26(38-31)23-10-12-28(37-21-23)41(18-5-16-39-14-3-7-29(39)44)32(46)24-9-11-27(35)36-22-24/h9-12,21-22H,2-8,13-20H2,1H3. The van der Waals surface area contributed by atoms with Crippen LogP contribution in [0.5, 0.6) is 0 Å². The van der Waals surface area contributed by atoms with Crippen LogP contribution in [0.15, 0.2) is 51.2 Å². The van der Waals surface area contributed by atoms with E-state index in [0.717, 1.165) is 18.9 Å². The summed E-state index contributed by atoms with van der Waals surface area (Å²) in [5.41, 5.74) is 1.08. The van der Waals surface area contributed by atoms with Crippen molar-refractivity contribution in [3.8, 4) is 0 Å². The number of rotatable bonds is 13. The highest BCUT2D eigenvalue weighted by molar-refractivity contribution is 6.07. The van der Waals surface area contributed by atoms with Gasteiger partial charge in [0.2, 0.25) is 17.8 Å². The fraction of sp³-hybridized carbons (Fsp3) is 0.471. The summed E-state index contributed by atoms with van der Waals surface area (Å²) >= 11 is 0. The number of amides is 3. The summed E-state index contributed by atoms with van der Waals surface area (Å²) in [7, 11) is 0. The highest BCUT2D eigenvalue weighted by Crippen LogP contribution is 2.27. The van der Waals surface area contributed by atoms with E-state index in [-0.39, 0.29) is 42.4 Å². The molecule has 0 saturated carbocycles. The molecule has 0 spiro atoms. The van der Waals surface area contributed by atoms with Crippen LogP contribution in [0, 0.1) is 5.95 Å². The van der Waals surface area contributed by atoms with Crippen molar-refractivity contribution in [3.05, 3.63) is 80.1 Å². The van der Waals surface area contributed by atoms with E-state index in [4.69, 9.17) is 4.99 Å². The van der Waals surface area contributed by atoms with Gasteiger partial charge in [0, 0.05) is 83.0 Å². The summed E-state index contributed by atoms with van der Waals surface area (Å²) in [6, 6.07) is 5.96. The summed E-state index contributed by atoms with van der Waals surface area (Å²) in [6.45, 7) is 5.25. The second kappa shape index (κ2) is 14.4. The third-order valence-corrected chi connectivity index (χ3v) is 9.06. The molecule has 13 nitrogen and oxygen atoms in total. The van der Waals surface area contributed by atoms with E-state index in [0.29, 0.717) is 93.3 Å². The van der Waals surface area contributed by atoms with Crippen molar-refractivity contribution < 1.29 is 18.8 Å². The second-order valence-electron chi connectivity index (χ2n) is 12.3. The average Bonchev–Trinajstić information content (AvgIpc) is 3.83. The van der Waals surface area contributed by atoms with Gasteiger partial charge in [-0.05, 0) is 56.4 Å². The van der Waals surface area contributed by atoms with Crippen LogP contribution in [0.25, 0.3) is 0 Å². The number of nitrogens with zero attached hydrogens (tertiary/aromatic N) is 8. The summed E-state index contributed by atoms with van der Waals surface area (Å²) < 4.78 is 16.3. The number of carbonyl (C=O) groups excluding carboxylic acids is 3. The predicted molar refractivity (Wildman–Crippen MR) is 176 cm³/mol. The van der Waals surface area contributed by atoms with E-state index in [2.05, 4.69) is 9.97 Å². The summed E-state index contributed by atoms with van der Waals surface area (Å²) in [5, 5.41) is 0. The van der Waals surface area contributed by atoms with E-state index in [1.54, 1.807) is 32.7 Å². The molecule has 0 N–H and O–H groups in total. The van der Waals surface area contributed by atoms with Crippen molar-refractivity contribution in [1.29, 1.82) is 0 Å². The number of likely N-dealkylation sites (tertiary alicyclic amines) is 2. The number of aromatic nitrogens is 4. The van der Waals surface area contributed by atoms with Gasteiger partial charge in [0.15, 0.2) is 0 Å². The van der Waals surface area contributed by atoms with E-state index in [1.807, 2.05) is 6.92 Å². The number of aliphatic imine (C=N–C) groups is 1. The highest BCUT2D eigenvalue weighted by Gasteiger charge is 2.28. The number of hydrogen-bond donors (Lipinski definition) is 0. The Bertz CT molecular complexity index is 1850. The Morgan fingerprint density at radius 3 is 2.19 bits per heavy atom. The van der Waals surface area contributed by atoms with Crippen molar-refractivity contribution in [2.45, 2.75) is 71.4 Å². The number of anilines is 1. The SMILES string of the molecule is CCCn1c2c(c(=O)n(CCCN3CCCC3=O)c1=O)CC(c1ccc(N(CCCN3CCCC3=O)C(=O)c3ccc(F)nc3)nc1)=N2. The van der Waals surface area contributed by atoms with Gasteiger partial charge in [0.05, 0.1) is 16.8 Å². The van der Waals surface area contributed by atoms with Crippen LogP contribution in [0.4, 0.5) is 16.0 Å². The molecule has 48 heavy (non-hydrogen) atoms. The van der Waals surface area contributed by atoms with Crippen molar-refractivity contribution in [2.75, 3.05) is 37.6 Å². The fourth-order valence-corrected chi connectivity index (χ4v) is 6.57. The van der Waals surface area contributed by atoms with Crippen LogP contribution in [0.1, 0.15) is 73.4 Å². The maximum atomic E-state index is 13.6. The molecule has 3 aliphatic rings. The van der Waals surface area contributed by atoms with Gasteiger partial charge in [-0.25, -0.2) is 19.8 Å². The first kappa shape index (κ1) is 32.9. The number of fused-ring (bicyclic) bond motifs is 1. The molecule has 252 valence electrons. The average molecular weight is 659 g/mol. The molecule has 3 aromatic rings. The van der Waals surface area contributed by atoms with Crippen molar-refractivity contribution in [3.63, 3.8) is 0 Å². The third kappa shape index (κ3) is 6.83. The van der Waals surface area contributed by atoms with E-state index in [1.165, 1.54) is 21.7 Å². The lowest BCUT2D eigenvalue weighted by molar-refractivity contribution is -0.128.